The van der Waals surface area contributed by atoms with Crippen molar-refractivity contribution in [2.75, 3.05) is 5.88 Å². The van der Waals surface area contributed by atoms with E-state index in [4.69, 9.17) is 11.6 Å². The summed E-state index contributed by atoms with van der Waals surface area (Å²) in [6, 6.07) is 0. The monoisotopic (exact) mass is 146 g/mol. The largest absolute Gasteiger partial charge is 0.316 e. The van der Waals surface area contributed by atoms with E-state index in [1.165, 1.54) is 6.42 Å². The van der Waals surface area contributed by atoms with Gasteiger partial charge >= 0.3 is 23.1 Å². The van der Waals surface area contributed by atoms with Gasteiger partial charge in [-0.05, 0) is 12.3 Å². The van der Waals surface area contributed by atoms with Crippen molar-refractivity contribution in [1.29, 1.82) is 0 Å². The molecule has 0 aromatic rings. The lowest BCUT2D eigenvalue weighted by Gasteiger charge is -2.01. The van der Waals surface area contributed by atoms with Crippen LogP contribution in [0.2, 0.25) is 0 Å². The molecule has 0 aromatic carbocycles. The summed E-state index contributed by atoms with van der Waals surface area (Å²) in [4.78, 5) is 0. The van der Waals surface area contributed by atoms with Crippen molar-refractivity contribution in [1.82, 2.24) is 0 Å². The lowest BCUT2D eigenvalue weighted by Crippen LogP contribution is -1.90. The number of rotatable bonds is 3. The molecule has 0 rings (SSSR count). The highest BCUT2D eigenvalue weighted by Gasteiger charge is 1.93. The van der Waals surface area contributed by atoms with Crippen LogP contribution in [0.5, 0.6) is 0 Å². The van der Waals surface area contributed by atoms with Crippen molar-refractivity contribution >= 4 is 34.7 Å². The van der Waals surface area contributed by atoms with E-state index in [2.05, 4.69) is 13.8 Å². The van der Waals surface area contributed by atoms with Gasteiger partial charge in [-0.15, -0.1) is 11.6 Å². The third-order valence-electron chi connectivity index (χ3n) is 1.30. The lowest BCUT2D eigenvalue weighted by molar-refractivity contribution is 0.547. The highest BCUT2D eigenvalue weighted by molar-refractivity contribution is 6.17. The van der Waals surface area contributed by atoms with Gasteiger partial charge in [0, 0.05) is 5.88 Å². The van der Waals surface area contributed by atoms with Crippen molar-refractivity contribution in [3.05, 3.63) is 0 Å². The van der Waals surface area contributed by atoms with E-state index in [-0.39, 0.29) is 23.1 Å². The third-order valence-corrected chi connectivity index (χ3v) is 1.52. The molecular weight excluding hydrogens is 132 g/mol. The van der Waals surface area contributed by atoms with Gasteiger partial charge in [0.1, 0.15) is 0 Å². The van der Waals surface area contributed by atoms with Gasteiger partial charge < -0.3 is 0 Å². The summed E-state index contributed by atoms with van der Waals surface area (Å²) in [5.74, 6) is 1.63. The van der Waals surface area contributed by atoms with E-state index in [1.807, 2.05) is 0 Å². The number of alkyl halides is 1. The summed E-state index contributed by atoms with van der Waals surface area (Å²) in [5.41, 5.74) is 0. The first-order valence-corrected chi connectivity index (χ1v) is 3.40. The Balaban J connectivity index is 0. The minimum Gasteiger partial charge on any atom is -0.127 e. The van der Waals surface area contributed by atoms with Gasteiger partial charge in [-0.1, -0.05) is 20.3 Å². The van der Waals surface area contributed by atoms with Crippen LogP contribution in [0.3, 0.4) is 0 Å². The quantitative estimate of drug-likeness (QED) is 0.421. The zero-order valence-electron chi connectivity index (χ0n) is 5.08. The minimum absolute atomic E-state index is 0. The maximum Gasteiger partial charge on any atom is 0.316 e. The average molecular weight is 147 g/mol. The zero-order chi connectivity index (χ0) is 5.70. The number of hydrogen-bond acceptors (Lipinski definition) is 0. The van der Waals surface area contributed by atoms with Crippen molar-refractivity contribution < 1.29 is 0 Å². The Labute approximate surface area is 73.1 Å². The van der Waals surface area contributed by atoms with Crippen LogP contribution in [-0.2, 0) is 0 Å². The second-order valence-electron chi connectivity index (χ2n) is 1.99. The fraction of sp³-hybridized carbons (Fsp3) is 1.00. The third kappa shape index (κ3) is 7.06. The smallest absolute Gasteiger partial charge is 0.127 e. The van der Waals surface area contributed by atoms with Crippen LogP contribution < -0.4 is 0 Å². The molecule has 0 fully saturated rings. The van der Waals surface area contributed by atoms with E-state index in [9.17, 15) is 0 Å². The average Bonchev–Trinajstić information content (AvgIpc) is 1.68. The summed E-state index contributed by atoms with van der Waals surface area (Å²) in [5, 5.41) is 0. The maximum absolute atomic E-state index is 5.48. The highest BCUT2D eigenvalue weighted by Crippen LogP contribution is 2.05. The normalized spacial score (nSPS) is 12.4. The van der Waals surface area contributed by atoms with Gasteiger partial charge in [0.2, 0.25) is 0 Å². The van der Waals surface area contributed by atoms with E-state index in [0.717, 1.165) is 18.2 Å². The van der Waals surface area contributed by atoms with Crippen LogP contribution >= 0.6 is 11.6 Å². The molecule has 0 spiro atoms. The molecule has 0 aliphatic carbocycles. The molecule has 0 heterocycles. The van der Waals surface area contributed by atoms with E-state index >= 15 is 0 Å². The van der Waals surface area contributed by atoms with Crippen molar-refractivity contribution in [3.63, 3.8) is 0 Å². The standard InChI is InChI=1S/C6H13Cl.Mg.2H/c1-3-6(2)4-5-7;;;/h6H,3-5H2,1-2H3;;;. The molecule has 0 aliphatic rings. The maximum atomic E-state index is 5.48. The van der Waals surface area contributed by atoms with E-state index in [0.29, 0.717) is 0 Å². The first-order chi connectivity index (χ1) is 3.31. The molecule has 1 unspecified atom stereocenters. The lowest BCUT2D eigenvalue weighted by atomic mass is 10.1. The number of hydrogen-bond donors (Lipinski definition) is 0. The molecule has 0 amide bonds. The Kier molecular flexibility index (Phi) is 11.9. The summed E-state index contributed by atoms with van der Waals surface area (Å²) in [6.07, 6.45) is 2.42. The summed E-state index contributed by atoms with van der Waals surface area (Å²) < 4.78 is 0. The molecule has 0 radical (unpaired) electrons. The minimum atomic E-state index is 0. The van der Waals surface area contributed by atoms with Gasteiger partial charge in [-0.3, -0.25) is 0 Å². The van der Waals surface area contributed by atoms with Crippen LogP contribution in [0.1, 0.15) is 26.7 Å². The molecule has 8 heavy (non-hydrogen) atoms. The van der Waals surface area contributed by atoms with Crippen molar-refractivity contribution in [3.8, 4) is 0 Å². The Bertz CT molecular complexity index is 39.5. The van der Waals surface area contributed by atoms with Crippen LogP contribution in [0.4, 0.5) is 0 Å². The highest BCUT2D eigenvalue weighted by atomic mass is 35.5. The van der Waals surface area contributed by atoms with E-state index in [1.54, 1.807) is 0 Å². The molecule has 1 atom stereocenters. The molecule has 0 saturated heterocycles. The second kappa shape index (κ2) is 8.06. The van der Waals surface area contributed by atoms with Crippen LogP contribution in [0, 0.1) is 5.92 Å². The van der Waals surface area contributed by atoms with Crippen LogP contribution in [-0.4, -0.2) is 28.9 Å². The molecule has 2 heteroatoms. The molecule has 48 valence electrons. The first-order valence-electron chi connectivity index (χ1n) is 2.87. The summed E-state index contributed by atoms with van der Waals surface area (Å²) in [7, 11) is 0. The van der Waals surface area contributed by atoms with Crippen molar-refractivity contribution in [2.45, 2.75) is 26.7 Å². The predicted molar refractivity (Wildman–Crippen MR) is 43.3 cm³/mol. The summed E-state index contributed by atoms with van der Waals surface area (Å²) in [6.45, 7) is 4.42. The molecular formula is C6H15ClMg. The van der Waals surface area contributed by atoms with Gasteiger partial charge in [0.05, 0.1) is 0 Å². The fourth-order valence-electron chi connectivity index (χ4n) is 0.390. The molecule has 0 aromatic heterocycles. The Morgan fingerprint density at radius 1 is 1.50 bits per heavy atom. The Morgan fingerprint density at radius 2 is 2.00 bits per heavy atom. The summed E-state index contributed by atoms with van der Waals surface area (Å²) >= 11 is 5.48. The predicted octanol–water partition coefficient (Wildman–Crippen LogP) is 1.75. The van der Waals surface area contributed by atoms with E-state index < -0.39 is 0 Å². The fourth-order valence-corrected chi connectivity index (χ4v) is 0.763. The van der Waals surface area contributed by atoms with Gasteiger partial charge in [-0.2, -0.15) is 0 Å². The first kappa shape index (κ1) is 11.8. The Morgan fingerprint density at radius 3 is 2.12 bits per heavy atom. The van der Waals surface area contributed by atoms with Crippen LogP contribution in [0.15, 0.2) is 0 Å². The second-order valence-corrected chi connectivity index (χ2v) is 2.37. The molecule has 0 aliphatic heterocycles. The van der Waals surface area contributed by atoms with Crippen LogP contribution in [0.25, 0.3) is 0 Å². The number of halogens is 1. The van der Waals surface area contributed by atoms with Crippen molar-refractivity contribution in [2.24, 2.45) is 5.92 Å². The molecule has 0 saturated carbocycles. The van der Waals surface area contributed by atoms with Gasteiger partial charge in [0.15, 0.2) is 0 Å². The molecule has 0 N–H and O–H groups in total. The zero-order valence-corrected chi connectivity index (χ0v) is 5.83. The SMILES string of the molecule is CCC(C)CCCl.[MgH2]. The molecule has 0 nitrogen and oxygen atoms in total. The Hall–Kier alpha value is 1.06. The van der Waals surface area contributed by atoms with Gasteiger partial charge in [0.25, 0.3) is 0 Å². The topological polar surface area (TPSA) is 0 Å². The molecule has 0 bridgehead atoms. The van der Waals surface area contributed by atoms with Gasteiger partial charge in [-0.25, -0.2) is 0 Å².